The Morgan fingerprint density at radius 3 is 2.88 bits per heavy atom. The Balaban J connectivity index is 2.36. The summed E-state index contributed by atoms with van der Waals surface area (Å²) >= 11 is 0. The Hall–Kier alpha value is -1.58. The van der Waals surface area contributed by atoms with Gasteiger partial charge in [0.2, 0.25) is 5.91 Å². The fourth-order valence-electron chi connectivity index (χ4n) is 1.97. The van der Waals surface area contributed by atoms with Crippen molar-refractivity contribution in [2.75, 3.05) is 5.01 Å². The first kappa shape index (κ1) is 10.9. The number of rotatable bonds is 2. The van der Waals surface area contributed by atoms with Crippen molar-refractivity contribution in [1.82, 2.24) is 10.4 Å². The predicted octanol–water partition coefficient (Wildman–Crippen LogP) is 1.83. The van der Waals surface area contributed by atoms with Gasteiger partial charge in [-0.1, -0.05) is 19.9 Å². The molecule has 1 N–H and O–H groups in total. The summed E-state index contributed by atoms with van der Waals surface area (Å²) in [6.07, 6.45) is 2.30. The van der Waals surface area contributed by atoms with Crippen molar-refractivity contribution in [2.45, 2.75) is 39.2 Å². The zero-order valence-electron chi connectivity index (χ0n) is 9.90. The fourth-order valence-corrected chi connectivity index (χ4v) is 1.97. The van der Waals surface area contributed by atoms with Gasteiger partial charge in [-0.05, 0) is 24.5 Å². The van der Waals surface area contributed by atoms with Gasteiger partial charge in [-0.3, -0.25) is 15.2 Å². The summed E-state index contributed by atoms with van der Waals surface area (Å²) in [6, 6.07) is 4.16. The Morgan fingerprint density at radius 2 is 2.31 bits per heavy atom. The van der Waals surface area contributed by atoms with Gasteiger partial charge >= 0.3 is 0 Å². The smallest absolute Gasteiger partial charge is 0.240 e. The standard InChI is InChI=1S/C12H17N3O/c1-8(2)10-5-4-6-13-12(10)15-9(3)7-11(16)14-15/h4-6,8-9H,7H2,1-3H3,(H,14,16). The molecule has 16 heavy (non-hydrogen) atoms. The van der Waals surface area contributed by atoms with E-state index in [4.69, 9.17) is 0 Å². The second kappa shape index (κ2) is 4.12. The first-order valence-corrected chi connectivity index (χ1v) is 5.63. The van der Waals surface area contributed by atoms with Gasteiger partial charge in [0.15, 0.2) is 5.82 Å². The second-order valence-electron chi connectivity index (χ2n) is 4.53. The SMILES string of the molecule is CC(C)c1cccnc1N1NC(=O)CC1C. The topological polar surface area (TPSA) is 45.2 Å². The minimum absolute atomic E-state index is 0.0628. The van der Waals surface area contributed by atoms with Gasteiger partial charge in [0, 0.05) is 6.20 Å². The first-order valence-electron chi connectivity index (χ1n) is 5.63. The number of hydrazine groups is 1. The summed E-state index contributed by atoms with van der Waals surface area (Å²) in [6.45, 7) is 6.28. The minimum Gasteiger partial charge on any atom is -0.273 e. The molecule has 1 aromatic rings. The number of nitrogens with one attached hydrogen (secondary N) is 1. The molecule has 1 aliphatic rings. The lowest BCUT2D eigenvalue weighted by Crippen LogP contribution is -2.38. The molecule has 0 aromatic carbocycles. The van der Waals surface area contributed by atoms with Crippen LogP contribution in [0.3, 0.4) is 0 Å². The lowest BCUT2D eigenvalue weighted by molar-refractivity contribution is -0.119. The number of anilines is 1. The molecule has 4 heteroatoms. The predicted molar refractivity (Wildman–Crippen MR) is 63.0 cm³/mol. The van der Waals surface area contributed by atoms with Gasteiger partial charge in [-0.2, -0.15) is 0 Å². The zero-order valence-corrected chi connectivity index (χ0v) is 9.90. The van der Waals surface area contributed by atoms with Crippen LogP contribution in [0.15, 0.2) is 18.3 Å². The Bertz CT molecular complexity index is 403. The van der Waals surface area contributed by atoms with Crippen molar-refractivity contribution in [3.05, 3.63) is 23.9 Å². The van der Waals surface area contributed by atoms with Crippen molar-refractivity contribution in [1.29, 1.82) is 0 Å². The molecule has 1 unspecified atom stereocenters. The van der Waals surface area contributed by atoms with Crippen LogP contribution in [-0.2, 0) is 4.79 Å². The van der Waals surface area contributed by atoms with Crippen molar-refractivity contribution in [3.8, 4) is 0 Å². The van der Waals surface area contributed by atoms with Gasteiger partial charge < -0.3 is 0 Å². The molecule has 0 saturated carbocycles. The first-order chi connectivity index (χ1) is 7.59. The monoisotopic (exact) mass is 219 g/mol. The van der Waals surface area contributed by atoms with Crippen LogP contribution in [0.1, 0.15) is 38.7 Å². The van der Waals surface area contributed by atoms with Crippen molar-refractivity contribution in [2.24, 2.45) is 0 Å². The highest BCUT2D eigenvalue weighted by molar-refractivity contribution is 5.82. The van der Waals surface area contributed by atoms with E-state index in [1.807, 2.05) is 18.0 Å². The molecule has 0 aliphatic carbocycles. The maximum atomic E-state index is 11.3. The maximum absolute atomic E-state index is 11.3. The number of hydrogen-bond donors (Lipinski definition) is 1. The molecule has 1 saturated heterocycles. The molecule has 0 bridgehead atoms. The largest absolute Gasteiger partial charge is 0.273 e. The molecule has 86 valence electrons. The van der Waals surface area contributed by atoms with E-state index in [-0.39, 0.29) is 11.9 Å². The van der Waals surface area contributed by atoms with Crippen LogP contribution >= 0.6 is 0 Å². The molecule has 2 heterocycles. The molecule has 1 aliphatic heterocycles. The number of nitrogens with zero attached hydrogens (tertiary/aromatic N) is 2. The third-order valence-corrected chi connectivity index (χ3v) is 2.83. The average Bonchev–Trinajstić information content (AvgIpc) is 2.57. The van der Waals surface area contributed by atoms with Crippen LogP contribution in [0.25, 0.3) is 0 Å². The molecular weight excluding hydrogens is 202 g/mol. The zero-order chi connectivity index (χ0) is 11.7. The van der Waals surface area contributed by atoms with Gasteiger partial charge in [0.1, 0.15) is 0 Å². The van der Waals surface area contributed by atoms with E-state index < -0.39 is 0 Å². The molecule has 4 nitrogen and oxygen atoms in total. The molecule has 0 radical (unpaired) electrons. The second-order valence-corrected chi connectivity index (χ2v) is 4.53. The van der Waals surface area contributed by atoms with Gasteiger partial charge in [-0.25, -0.2) is 4.98 Å². The Kier molecular flexibility index (Phi) is 2.81. The van der Waals surface area contributed by atoms with Crippen LogP contribution in [0.2, 0.25) is 0 Å². The van der Waals surface area contributed by atoms with E-state index >= 15 is 0 Å². The van der Waals surface area contributed by atoms with Crippen LogP contribution in [0.5, 0.6) is 0 Å². The van der Waals surface area contributed by atoms with Crippen LogP contribution in [0, 0.1) is 0 Å². The van der Waals surface area contributed by atoms with Gasteiger partial charge in [-0.15, -0.1) is 0 Å². The highest BCUT2D eigenvalue weighted by Gasteiger charge is 2.29. The molecule has 2 rings (SSSR count). The summed E-state index contributed by atoms with van der Waals surface area (Å²) in [7, 11) is 0. The molecule has 1 aromatic heterocycles. The summed E-state index contributed by atoms with van der Waals surface area (Å²) < 4.78 is 0. The molecular formula is C12H17N3O. The van der Waals surface area contributed by atoms with Crippen molar-refractivity contribution >= 4 is 11.7 Å². The molecule has 1 amide bonds. The van der Waals surface area contributed by atoms with Crippen LogP contribution < -0.4 is 10.4 Å². The van der Waals surface area contributed by atoms with E-state index in [1.165, 1.54) is 0 Å². The fraction of sp³-hybridized carbons (Fsp3) is 0.500. The van der Waals surface area contributed by atoms with E-state index in [9.17, 15) is 4.79 Å². The molecule has 1 atom stereocenters. The molecule has 0 spiro atoms. The summed E-state index contributed by atoms with van der Waals surface area (Å²) in [4.78, 5) is 15.7. The minimum atomic E-state index is 0.0628. The molecule has 1 fully saturated rings. The summed E-state index contributed by atoms with van der Waals surface area (Å²) in [5.74, 6) is 1.33. The van der Waals surface area contributed by atoms with Crippen molar-refractivity contribution < 1.29 is 4.79 Å². The Labute approximate surface area is 95.6 Å². The number of hydrogen-bond acceptors (Lipinski definition) is 3. The number of pyridine rings is 1. The van der Waals surface area contributed by atoms with Crippen LogP contribution in [0.4, 0.5) is 5.82 Å². The lowest BCUT2D eigenvalue weighted by atomic mass is 10.0. The highest BCUT2D eigenvalue weighted by atomic mass is 16.2. The number of amides is 1. The van der Waals surface area contributed by atoms with E-state index in [0.717, 1.165) is 11.4 Å². The average molecular weight is 219 g/mol. The maximum Gasteiger partial charge on any atom is 0.240 e. The summed E-state index contributed by atoms with van der Waals surface area (Å²) in [5, 5.41) is 1.87. The quantitative estimate of drug-likeness (QED) is 0.825. The number of aromatic nitrogens is 1. The lowest BCUT2D eigenvalue weighted by Gasteiger charge is -2.24. The van der Waals surface area contributed by atoms with E-state index in [2.05, 4.69) is 30.3 Å². The van der Waals surface area contributed by atoms with Gasteiger partial charge in [0.25, 0.3) is 0 Å². The van der Waals surface area contributed by atoms with Gasteiger partial charge in [0.05, 0.1) is 12.5 Å². The van der Waals surface area contributed by atoms with Crippen molar-refractivity contribution in [3.63, 3.8) is 0 Å². The normalized spacial score (nSPS) is 20.4. The number of carbonyl (C=O) groups is 1. The Morgan fingerprint density at radius 1 is 1.56 bits per heavy atom. The van der Waals surface area contributed by atoms with Crippen LogP contribution in [-0.4, -0.2) is 16.9 Å². The third-order valence-electron chi connectivity index (χ3n) is 2.83. The summed E-state index contributed by atoms with van der Waals surface area (Å²) in [5.41, 5.74) is 4.01. The highest BCUT2D eigenvalue weighted by Crippen LogP contribution is 2.27. The third kappa shape index (κ3) is 1.87. The van der Waals surface area contributed by atoms with E-state index in [1.54, 1.807) is 6.20 Å². The number of carbonyl (C=O) groups excluding carboxylic acids is 1. The van der Waals surface area contributed by atoms with E-state index in [0.29, 0.717) is 12.3 Å².